The van der Waals surface area contributed by atoms with Gasteiger partial charge in [-0.15, -0.1) is 0 Å². The highest BCUT2D eigenvalue weighted by atomic mass is 35.5. The molecule has 0 aliphatic heterocycles. The van der Waals surface area contributed by atoms with Crippen molar-refractivity contribution in [3.63, 3.8) is 0 Å². The van der Waals surface area contributed by atoms with Crippen LogP contribution in [0.3, 0.4) is 0 Å². The molecular weight excluding hydrogens is 457 g/mol. The maximum atomic E-state index is 12.4. The average Bonchev–Trinajstić information content (AvgIpc) is 2.78. The summed E-state index contributed by atoms with van der Waals surface area (Å²) in [4.78, 5) is 26.9. The third-order valence-electron chi connectivity index (χ3n) is 6.67. The summed E-state index contributed by atoms with van der Waals surface area (Å²) in [5, 5.41) is 7.34. The topological polar surface area (TPSA) is 61.4 Å². The molecule has 2 amide bonds. The Hall–Kier alpha value is -2.08. The summed E-state index contributed by atoms with van der Waals surface area (Å²) >= 11 is 12.3. The normalized spacial score (nSPS) is 20.5. The smallest absolute Gasteiger partial charge is 0.220 e. The van der Waals surface area contributed by atoms with Crippen molar-refractivity contribution in [2.45, 2.75) is 63.1 Å². The minimum Gasteiger partial charge on any atom is -0.353 e. The Morgan fingerprint density at radius 3 is 2.36 bits per heavy atom. The first-order valence-electron chi connectivity index (χ1n) is 11.5. The molecule has 2 aromatic carbocycles. The number of nitrogens with zero attached hydrogens (tertiary/aromatic N) is 1. The summed E-state index contributed by atoms with van der Waals surface area (Å²) in [5.41, 5.74) is 2.16. The molecule has 0 spiro atoms. The van der Waals surface area contributed by atoms with Gasteiger partial charge >= 0.3 is 0 Å². The maximum absolute atomic E-state index is 12.4. The van der Waals surface area contributed by atoms with Gasteiger partial charge in [0.2, 0.25) is 11.8 Å². The predicted molar refractivity (Wildman–Crippen MR) is 135 cm³/mol. The standard InChI is InChI=1S/C26H33Cl2N3O2/c1-31(2)26(17-19-6-5-8-21(27)16-19)14-12-22(13-15-26)30-25(33)11-10-24(32)29-18-20-7-3-4-9-23(20)28/h3-9,16,22H,10-15,17-18H2,1-2H3,(H,29,32)(H,30,33). The molecule has 2 N–H and O–H groups in total. The van der Waals surface area contributed by atoms with E-state index < -0.39 is 0 Å². The zero-order valence-corrected chi connectivity index (χ0v) is 20.9. The fraction of sp³-hybridized carbons (Fsp3) is 0.462. The van der Waals surface area contributed by atoms with Crippen molar-refractivity contribution in [3.8, 4) is 0 Å². The van der Waals surface area contributed by atoms with Gasteiger partial charge in [0.25, 0.3) is 0 Å². The summed E-state index contributed by atoms with van der Waals surface area (Å²) in [7, 11) is 4.26. The van der Waals surface area contributed by atoms with Crippen LogP contribution < -0.4 is 10.6 Å². The van der Waals surface area contributed by atoms with Crippen LogP contribution in [0.4, 0.5) is 0 Å². The van der Waals surface area contributed by atoms with Crippen LogP contribution in [0.1, 0.15) is 49.7 Å². The molecule has 1 fully saturated rings. The predicted octanol–water partition coefficient (Wildman–Crippen LogP) is 4.99. The van der Waals surface area contributed by atoms with Gasteiger partial charge in [-0.05, 0) is 75.5 Å². The van der Waals surface area contributed by atoms with Crippen LogP contribution in [0.5, 0.6) is 0 Å². The fourth-order valence-electron chi connectivity index (χ4n) is 4.56. The molecule has 1 aliphatic rings. The second-order valence-corrected chi connectivity index (χ2v) is 9.98. The molecule has 0 bridgehead atoms. The van der Waals surface area contributed by atoms with Crippen molar-refractivity contribution < 1.29 is 9.59 Å². The van der Waals surface area contributed by atoms with Gasteiger partial charge in [-0.2, -0.15) is 0 Å². The molecule has 0 unspecified atom stereocenters. The van der Waals surface area contributed by atoms with E-state index in [-0.39, 0.29) is 36.2 Å². The van der Waals surface area contributed by atoms with Crippen molar-refractivity contribution >= 4 is 35.0 Å². The Morgan fingerprint density at radius 2 is 1.70 bits per heavy atom. The highest BCUT2D eigenvalue weighted by Crippen LogP contribution is 2.36. The van der Waals surface area contributed by atoms with Crippen molar-refractivity contribution in [2.75, 3.05) is 14.1 Å². The first-order valence-corrected chi connectivity index (χ1v) is 12.2. The van der Waals surface area contributed by atoms with E-state index in [9.17, 15) is 9.59 Å². The van der Waals surface area contributed by atoms with Crippen molar-refractivity contribution in [1.29, 1.82) is 0 Å². The molecule has 0 heterocycles. The van der Waals surface area contributed by atoms with Gasteiger partial charge in [-0.3, -0.25) is 9.59 Å². The van der Waals surface area contributed by atoms with Crippen molar-refractivity contribution in [3.05, 3.63) is 69.7 Å². The molecule has 5 nitrogen and oxygen atoms in total. The van der Waals surface area contributed by atoms with Crippen LogP contribution in [-0.4, -0.2) is 42.4 Å². The van der Waals surface area contributed by atoms with Gasteiger partial charge in [-0.1, -0.05) is 53.5 Å². The zero-order chi connectivity index (χ0) is 23.8. The maximum Gasteiger partial charge on any atom is 0.220 e. The molecule has 33 heavy (non-hydrogen) atoms. The lowest BCUT2D eigenvalue weighted by Crippen LogP contribution is -2.52. The number of nitrogens with one attached hydrogen (secondary N) is 2. The van der Waals surface area contributed by atoms with E-state index in [1.807, 2.05) is 36.4 Å². The quantitative estimate of drug-likeness (QED) is 0.521. The average molecular weight is 490 g/mol. The number of carbonyl (C=O) groups is 2. The lowest BCUT2D eigenvalue weighted by molar-refractivity contribution is -0.127. The second kappa shape index (κ2) is 11.9. The van der Waals surface area contributed by atoms with Crippen LogP contribution in [-0.2, 0) is 22.6 Å². The van der Waals surface area contributed by atoms with Gasteiger partial charge in [0.15, 0.2) is 0 Å². The molecule has 2 aromatic rings. The van der Waals surface area contributed by atoms with Gasteiger partial charge in [0, 0.05) is 41.0 Å². The Labute approximate surface area is 206 Å². The van der Waals surface area contributed by atoms with Crippen molar-refractivity contribution in [1.82, 2.24) is 15.5 Å². The van der Waals surface area contributed by atoms with E-state index in [4.69, 9.17) is 23.2 Å². The molecule has 0 radical (unpaired) electrons. The molecule has 0 saturated heterocycles. The summed E-state index contributed by atoms with van der Waals surface area (Å²) in [6.07, 6.45) is 5.12. The summed E-state index contributed by atoms with van der Waals surface area (Å²) < 4.78 is 0. The lowest BCUT2D eigenvalue weighted by Gasteiger charge is -2.45. The molecule has 178 valence electrons. The number of halogens is 2. The lowest BCUT2D eigenvalue weighted by atomic mass is 9.75. The van der Waals surface area contributed by atoms with Gasteiger partial charge in [-0.25, -0.2) is 0 Å². The van der Waals surface area contributed by atoms with E-state index in [2.05, 4.69) is 35.7 Å². The van der Waals surface area contributed by atoms with Gasteiger partial charge in [0.05, 0.1) is 0 Å². The molecule has 0 aromatic heterocycles. The van der Waals surface area contributed by atoms with Gasteiger partial charge in [0.1, 0.15) is 0 Å². The van der Waals surface area contributed by atoms with Crippen LogP contribution >= 0.6 is 23.2 Å². The first-order chi connectivity index (χ1) is 15.8. The highest BCUT2D eigenvalue weighted by Gasteiger charge is 2.37. The molecule has 7 heteroatoms. The molecule has 1 aliphatic carbocycles. The summed E-state index contributed by atoms with van der Waals surface area (Å²) in [5.74, 6) is -0.220. The van der Waals surface area contributed by atoms with Crippen LogP contribution in [0.15, 0.2) is 48.5 Å². The summed E-state index contributed by atoms with van der Waals surface area (Å²) in [6, 6.07) is 15.6. The van der Waals surface area contributed by atoms with Crippen LogP contribution in [0.2, 0.25) is 10.0 Å². The highest BCUT2D eigenvalue weighted by molar-refractivity contribution is 6.31. The minimum absolute atomic E-state index is 0.0600. The largest absolute Gasteiger partial charge is 0.353 e. The Bertz CT molecular complexity index is 956. The monoisotopic (exact) mass is 489 g/mol. The molecule has 1 saturated carbocycles. The van der Waals surface area contributed by atoms with E-state index in [1.165, 1.54) is 5.56 Å². The number of likely N-dealkylation sites (N-methyl/N-ethyl adjacent to an activating group) is 1. The molecular formula is C26H33Cl2N3O2. The number of hydrogen-bond acceptors (Lipinski definition) is 3. The fourth-order valence-corrected chi connectivity index (χ4v) is 4.97. The van der Waals surface area contributed by atoms with Crippen molar-refractivity contribution in [2.24, 2.45) is 0 Å². The Balaban J connectivity index is 1.42. The number of carbonyl (C=O) groups excluding carboxylic acids is 2. The number of amides is 2. The third kappa shape index (κ3) is 7.46. The van der Waals surface area contributed by atoms with E-state index >= 15 is 0 Å². The number of hydrogen-bond donors (Lipinski definition) is 2. The Morgan fingerprint density at radius 1 is 1.00 bits per heavy atom. The zero-order valence-electron chi connectivity index (χ0n) is 19.4. The van der Waals surface area contributed by atoms with E-state index in [0.717, 1.165) is 42.7 Å². The molecule has 0 atom stereocenters. The number of benzene rings is 2. The van der Waals surface area contributed by atoms with Gasteiger partial charge < -0.3 is 15.5 Å². The van der Waals surface area contributed by atoms with E-state index in [1.54, 1.807) is 6.07 Å². The number of rotatable bonds is 9. The molecule has 3 rings (SSSR count). The summed E-state index contributed by atoms with van der Waals surface area (Å²) in [6.45, 7) is 0.363. The third-order valence-corrected chi connectivity index (χ3v) is 7.27. The minimum atomic E-state index is -0.151. The van der Waals surface area contributed by atoms with Crippen LogP contribution in [0, 0.1) is 0 Å². The second-order valence-electron chi connectivity index (χ2n) is 9.14. The first kappa shape index (κ1) is 25.5. The van der Waals surface area contributed by atoms with Crippen LogP contribution in [0.25, 0.3) is 0 Å². The SMILES string of the molecule is CN(C)C1(Cc2cccc(Cl)c2)CCC(NC(=O)CCC(=O)NCc2ccccc2Cl)CC1. The Kier molecular flexibility index (Phi) is 9.19. The van der Waals surface area contributed by atoms with E-state index in [0.29, 0.717) is 11.6 Å².